The van der Waals surface area contributed by atoms with Crippen LogP contribution in [0.2, 0.25) is 0 Å². The number of halogens is 1. The largest absolute Gasteiger partial charge is 0.396 e. The second-order valence-electron chi connectivity index (χ2n) is 2.53. The van der Waals surface area contributed by atoms with Gasteiger partial charge in [0.15, 0.2) is 0 Å². The molecule has 2 rings (SSSR count). The molecular formula is C9H7FN2. The number of aromatic nitrogens is 1. The van der Waals surface area contributed by atoms with Gasteiger partial charge < -0.3 is 5.73 Å². The predicted octanol–water partition coefficient (Wildman–Crippen LogP) is 1.96. The van der Waals surface area contributed by atoms with Crippen LogP contribution in [0.15, 0.2) is 30.5 Å². The van der Waals surface area contributed by atoms with Crippen LogP contribution in [0.5, 0.6) is 0 Å². The van der Waals surface area contributed by atoms with E-state index in [0.717, 1.165) is 5.52 Å². The third-order valence-corrected chi connectivity index (χ3v) is 1.77. The van der Waals surface area contributed by atoms with Gasteiger partial charge in [-0.3, -0.25) is 4.98 Å². The van der Waals surface area contributed by atoms with Gasteiger partial charge in [-0.1, -0.05) is 0 Å². The Balaban J connectivity index is 2.91. The minimum Gasteiger partial charge on any atom is -0.396 e. The number of hydrogen-bond acceptors (Lipinski definition) is 2. The van der Waals surface area contributed by atoms with Crippen molar-refractivity contribution >= 4 is 16.6 Å². The maximum absolute atomic E-state index is 12.9. The number of anilines is 1. The molecule has 0 aliphatic rings. The van der Waals surface area contributed by atoms with Gasteiger partial charge >= 0.3 is 0 Å². The molecule has 0 radical (unpaired) electrons. The molecule has 12 heavy (non-hydrogen) atoms. The average Bonchev–Trinajstić information content (AvgIpc) is 2.12. The second-order valence-corrected chi connectivity index (χ2v) is 2.53. The van der Waals surface area contributed by atoms with Gasteiger partial charge in [-0.15, -0.1) is 0 Å². The molecule has 1 heterocycles. The number of hydrogen-bond donors (Lipinski definition) is 1. The monoisotopic (exact) mass is 162 g/mol. The Labute approximate surface area is 68.8 Å². The predicted molar refractivity (Wildman–Crippen MR) is 46.1 cm³/mol. The zero-order valence-corrected chi connectivity index (χ0v) is 6.29. The third kappa shape index (κ3) is 0.906. The van der Waals surface area contributed by atoms with E-state index < -0.39 is 5.82 Å². The molecule has 1 aromatic carbocycles. The van der Waals surface area contributed by atoms with Gasteiger partial charge in [0, 0.05) is 11.6 Å². The second kappa shape index (κ2) is 2.44. The summed E-state index contributed by atoms with van der Waals surface area (Å²) < 4.78 is 12.9. The lowest BCUT2D eigenvalue weighted by Crippen LogP contribution is -1.92. The van der Waals surface area contributed by atoms with Crippen molar-refractivity contribution in [2.24, 2.45) is 0 Å². The van der Waals surface area contributed by atoms with E-state index in [1.165, 1.54) is 6.07 Å². The average molecular weight is 162 g/mol. The van der Waals surface area contributed by atoms with E-state index in [2.05, 4.69) is 4.98 Å². The molecule has 2 aromatic rings. The molecule has 0 saturated carbocycles. The molecule has 0 aliphatic heterocycles. The van der Waals surface area contributed by atoms with Crippen molar-refractivity contribution in [1.29, 1.82) is 0 Å². The van der Waals surface area contributed by atoms with Gasteiger partial charge in [0.1, 0.15) is 5.82 Å². The smallest absolute Gasteiger partial charge is 0.146 e. The maximum atomic E-state index is 12.9. The number of fused-ring (bicyclic) bond motifs is 1. The van der Waals surface area contributed by atoms with E-state index in [4.69, 9.17) is 5.73 Å². The molecule has 3 heteroatoms. The Morgan fingerprint density at radius 1 is 1.25 bits per heavy atom. The normalized spacial score (nSPS) is 10.4. The molecular weight excluding hydrogens is 155 g/mol. The molecule has 60 valence electrons. The molecule has 0 saturated heterocycles. The van der Waals surface area contributed by atoms with Gasteiger partial charge in [-0.25, -0.2) is 4.39 Å². The summed E-state index contributed by atoms with van der Waals surface area (Å²) in [5.41, 5.74) is 6.39. The lowest BCUT2D eigenvalue weighted by molar-refractivity contribution is 0.634. The van der Waals surface area contributed by atoms with Crippen LogP contribution < -0.4 is 5.73 Å². The summed E-state index contributed by atoms with van der Waals surface area (Å²) in [7, 11) is 0. The summed E-state index contributed by atoms with van der Waals surface area (Å²) in [6.45, 7) is 0. The van der Waals surface area contributed by atoms with Crippen LogP contribution in [0.4, 0.5) is 10.1 Å². The van der Waals surface area contributed by atoms with E-state index in [9.17, 15) is 4.39 Å². The number of nitrogen functional groups attached to an aromatic ring is 1. The molecule has 0 bridgehead atoms. The highest BCUT2D eigenvalue weighted by Gasteiger charge is 2.02. The fourth-order valence-electron chi connectivity index (χ4n) is 1.15. The molecule has 0 fully saturated rings. The van der Waals surface area contributed by atoms with Crippen molar-refractivity contribution in [2.75, 3.05) is 5.73 Å². The highest BCUT2D eigenvalue weighted by Crippen LogP contribution is 2.21. The summed E-state index contributed by atoms with van der Waals surface area (Å²) in [5.74, 6) is -0.393. The van der Waals surface area contributed by atoms with Crippen molar-refractivity contribution in [1.82, 2.24) is 4.98 Å². The Morgan fingerprint density at radius 2 is 2.08 bits per heavy atom. The molecule has 2 nitrogen and oxygen atoms in total. The fourth-order valence-corrected chi connectivity index (χ4v) is 1.15. The molecule has 0 spiro atoms. The van der Waals surface area contributed by atoms with Crippen molar-refractivity contribution in [2.45, 2.75) is 0 Å². The molecule has 1 aromatic heterocycles. The van der Waals surface area contributed by atoms with Gasteiger partial charge in [-0.05, 0) is 24.3 Å². The summed E-state index contributed by atoms with van der Waals surface area (Å²) >= 11 is 0. The third-order valence-electron chi connectivity index (χ3n) is 1.77. The summed E-state index contributed by atoms with van der Waals surface area (Å²) in [4.78, 5) is 4.04. The molecule has 0 unspecified atom stereocenters. The first-order valence-electron chi connectivity index (χ1n) is 3.58. The van der Waals surface area contributed by atoms with Gasteiger partial charge in [0.2, 0.25) is 0 Å². The van der Waals surface area contributed by atoms with E-state index in [0.29, 0.717) is 5.39 Å². The van der Waals surface area contributed by atoms with E-state index in [1.54, 1.807) is 24.4 Å². The van der Waals surface area contributed by atoms with Crippen molar-refractivity contribution in [3.63, 3.8) is 0 Å². The highest BCUT2D eigenvalue weighted by molar-refractivity contribution is 5.90. The zero-order valence-electron chi connectivity index (χ0n) is 6.29. The molecule has 2 N–H and O–H groups in total. The standard InChI is InChI=1S/C9H7FN2/c10-7-3-4-8-6(9(7)11)2-1-5-12-8/h1-5H,11H2. The fraction of sp³-hybridized carbons (Fsp3) is 0. The molecule has 0 atom stereocenters. The number of pyridine rings is 1. The molecule has 0 amide bonds. The first-order valence-corrected chi connectivity index (χ1v) is 3.58. The first kappa shape index (κ1) is 7.03. The highest BCUT2D eigenvalue weighted by atomic mass is 19.1. The summed E-state index contributed by atoms with van der Waals surface area (Å²) in [6.07, 6.45) is 1.65. The quantitative estimate of drug-likeness (QED) is 0.601. The number of benzene rings is 1. The van der Waals surface area contributed by atoms with Crippen molar-refractivity contribution < 1.29 is 4.39 Å². The van der Waals surface area contributed by atoms with Crippen LogP contribution >= 0.6 is 0 Å². The van der Waals surface area contributed by atoms with Crippen LogP contribution in [0.1, 0.15) is 0 Å². The Bertz CT molecular complexity index is 426. The van der Waals surface area contributed by atoms with Crippen molar-refractivity contribution in [3.05, 3.63) is 36.3 Å². The SMILES string of the molecule is Nc1c(F)ccc2ncccc12. The minimum absolute atomic E-state index is 0.167. The lowest BCUT2D eigenvalue weighted by atomic mass is 10.2. The van der Waals surface area contributed by atoms with Crippen LogP contribution in [0.25, 0.3) is 10.9 Å². The Hall–Kier alpha value is -1.64. The lowest BCUT2D eigenvalue weighted by Gasteiger charge is -2.00. The van der Waals surface area contributed by atoms with Crippen LogP contribution in [0.3, 0.4) is 0 Å². The number of nitrogens with zero attached hydrogens (tertiary/aromatic N) is 1. The zero-order chi connectivity index (χ0) is 8.55. The summed E-state index contributed by atoms with van der Waals surface area (Å²) in [5, 5.41) is 0.664. The molecule has 0 aliphatic carbocycles. The van der Waals surface area contributed by atoms with Gasteiger partial charge in [-0.2, -0.15) is 0 Å². The number of rotatable bonds is 0. The van der Waals surface area contributed by atoms with E-state index in [-0.39, 0.29) is 5.69 Å². The van der Waals surface area contributed by atoms with Crippen LogP contribution in [-0.2, 0) is 0 Å². The van der Waals surface area contributed by atoms with Gasteiger partial charge in [0.05, 0.1) is 11.2 Å². The van der Waals surface area contributed by atoms with Crippen molar-refractivity contribution in [3.8, 4) is 0 Å². The van der Waals surface area contributed by atoms with E-state index in [1.807, 2.05) is 0 Å². The minimum atomic E-state index is -0.393. The van der Waals surface area contributed by atoms with Gasteiger partial charge in [0.25, 0.3) is 0 Å². The van der Waals surface area contributed by atoms with Crippen LogP contribution in [0, 0.1) is 5.82 Å². The van der Waals surface area contributed by atoms with E-state index >= 15 is 0 Å². The first-order chi connectivity index (χ1) is 5.79. The van der Waals surface area contributed by atoms with Crippen LogP contribution in [-0.4, -0.2) is 4.98 Å². The maximum Gasteiger partial charge on any atom is 0.146 e. The summed E-state index contributed by atoms with van der Waals surface area (Å²) in [6, 6.07) is 6.42. The Kier molecular flexibility index (Phi) is 1.43. The Morgan fingerprint density at radius 3 is 2.92 bits per heavy atom. The number of nitrogens with two attached hydrogens (primary N) is 1. The topological polar surface area (TPSA) is 38.9 Å².